The molecule has 10 aromatic rings. The summed E-state index contributed by atoms with van der Waals surface area (Å²) in [4.78, 5) is 17.7. The zero-order valence-electron chi connectivity index (χ0n) is 71.3. The number of aryl methyl sites for hydroxylation is 5. The summed E-state index contributed by atoms with van der Waals surface area (Å²) in [5.74, 6) is 0.304. The van der Waals surface area contributed by atoms with Crippen molar-refractivity contribution in [1.82, 2.24) is 19.9 Å². The Morgan fingerprint density at radius 1 is 0.243 bits per heavy atom. The molecule has 0 saturated carbocycles. The molecule has 0 aliphatic heterocycles. The van der Waals surface area contributed by atoms with E-state index in [9.17, 15) is 13.2 Å². The van der Waals surface area contributed by atoms with Gasteiger partial charge in [0.1, 0.15) is 23.1 Å². The summed E-state index contributed by atoms with van der Waals surface area (Å²) in [7, 11) is 0. The maximum absolute atomic E-state index is 15.0. The van der Waals surface area contributed by atoms with Gasteiger partial charge in [0.25, 0.3) is 0 Å². The van der Waals surface area contributed by atoms with Crippen molar-refractivity contribution in [2.45, 2.75) is 293 Å². The van der Waals surface area contributed by atoms with Crippen LogP contribution >= 0.6 is 0 Å². The lowest BCUT2D eigenvalue weighted by atomic mass is 9.97. The third-order valence-electron chi connectivity index (χ3n) is 21.2. The Morgan fingerprint density at radius 2 is 0.557 bits per heavy atom. The van der Waals surface area contributed by atoms with E-state index in [0.717, 1.165) is 133 Å². The normalized spacial score (nSPS) is 11.0. The van der Waals surface area contributed by atoms with E-state index in [2.05, 4.69) is 129 Å². The predicted molar refractivity (Wildman–Crippen MR) is 477 cm³/mol. The van der Waals surface area contributed by atoms with Crippen molar-refractivity contribution in [3.8, 4) is 84.5 Å². The fourth-order valence-electron chi connectivity index (χ4n) is 13.9. The number of unbranched alkanes of at least 4 members (excludes halogenated alkanes) is 28. The number of nitrogens with zero attached hydrogens (tertiary/aromatic N) is 4. The van der Waals surface area contributed by atoms with Crippen molar-refractivity contribution in [3.63, 3.8) is 0 Å². The first-order valence-corrected chi connectivity index (χ1v) is 44.4. The van der Waals surface area contributed by atoms with Crippen LogP contribution in [0.5, 0.6) is 17.2 Å². The van der Waals surface area contributed by atoms with Gasteiger partial charge in [-0.05, 0) is 182 Å². The maximum atomic E-state index is 15.0. The molecule has 10 rings (SSSR count). The molecule has 0 amide bonds. The van der Waals surface area contributed by atoms with Crippen molar-refractivity contribution in [2.24, 2.45) is 0 Å². The van der Waals surface area contributed by atoms with E-state index >= 15 is 4.39 Å². The largest absolute Gasteiger partial charge is 0.494 e. The summed E-state index contributed by atoms with van der Waals surface area (Å²) in [5, 5.41) is 0. The number of hydrogen-bond donors (Lipinski definition) is 0. The zero-order chi connectivity index (χ0) is 81.7. The van der Waals surface area contributed by atoms with Crippen LogP contribution in [0.3, 0.4) is 0 Å². The van der Waals surface area contributed by atoms with E-state index in [-0.39, 0.29) is 22.7 Å². The summed E-state index contributed by atoms with van der Waals surface area (Å²) >= 11 is 0. The van der Waals surface area contributed by atoms with Crippen molar-refractivity contribution >= 4 is 0 Å². The average molecular weight is 1570 g/mol. The lowest BCUT2D eigenvalue weighted by molar-refractivity contribution is 0.285. The van der Waals surface area contributed by atoms with E-state index in [1.54, 1.807) is 12.1 Å². The standard InChI is InChI=1S/C33H41F3O.C31H39FO.C28H44N2O.C12H12N2/c1-3-5-7-8-9-10-11-13-23-37-31-22-21-29(32(35)33(31)36)28-20-19-27(24-30(28)34)26-17-15-25(16-18-26)14-12-6-4-2;1-3-5-7-8-9-11-23-33-29-20-17-27(18-21-29)30-22-19-28(24-31(30)32)26-15-13-25(14-16-26)12-10-6-4-2;1-3-5-7-9-11-13-15-17-25-23-29-28(30-24-25)26-18-20-27(21-19-26)31-22-16-14-12-10-8-6-4-2;1-9-3-5-11(6-4-9)12-13-7-10(2)8-14-12/h15-22,24H,3-14,23H2,1-2H3;13-22,24H,3-12,23H2,1-2H3;18-21,23-24H,3-17,22H2,1-2H3;3-8H,1-2H3. The monoisotopic (exact) mass is 1570 g/mol. The molecule has 0 radical (unpaired) electrons. The molecule has 11 heteroatoms. The second-order valence-corrected chi connectivity index (χ2v) is 31.1. The van der Waals surface area contributed by atoms with E-state index < -0.39 is 17.5 Å². The second kappa shape index (κ2) is 56.4. The smallest absolute Gasteiger partial charge is 0.201 e. The number of hydrogen-bond acceptors (Lipinski definition) is 7. The zero-order valence-corrected chi connectivity index (χ0v) is 71.3. The van der Waals surface area contributed by atoms with Crippen molar-refractivity contribution in [2.75, 3.05) is 19.8 Å². The second-order valence-electron chi connectivity index (χ2n) is 31.1. The molecule has 0 fully saturated rings. The summed E-state index contributed by atoms with van der Waals surface area (Å²) in [6.45, 7) is 19.3. The minimum Gasteiger partial charge on any atom is -0.494 e. The van der Waals surface area contributed by atoms with Crippen molar-refractivity contribution in [1.29, 1.82) is 0 Å². The molecule has 0 spiro atoms. The first kappa shape index (κ1) is 93.2. The number of halogens is 4. The number of rotatable bonds is 49. The van der Waals surface area contributed by atoms with Gasteiger partial charge >= 0.3 is 0 Å². The first-order valence-electron chi connectivity index (χ1n) is 44.4. The van der Waals surface area contributed by atoms with E-state index in [0.29, 0.717) is 17.7 Å². The van der Waals surface area contributed by atoms with Crippen LogP contribution in [-0.4, -0.2) is 39.8 Å². The quantitative estimate of drug-likeness (QED) is 0.0278. The van der Waals surface area contributed by atoms with Crippen molar-refractivity contribution in [3.05, 3.63) is 246 Å². The molecule has 7 nitrogen and oxygen atoms in total. The molecule has 0 atom stereocenters. The molecule has 0 aliphatic rings. The highest BCUT2D eigenvalue weighted by Gasteiger charge is 2.20. The lowest BCUT2D eigenvalue weighted by Crippen LogP contribution is -2.02. The van der Waals surface area contributed by atoms with Gasteiger partial charge in [-0.15, -0.1) is 0 Å². The molecule has 618 valence electrons. The Bertz CT molecular complexity index is 4150. The maximum Gasteiger partial charge on any atom is 0.201 e. The molecule has 0 aliphatic carbocycles. The highest BCUT2D eigenvalue weighted by molar-refractivity contribution is 5.73. The highest BCUT2D eigenvalue weighted by atomic mass is 19.2. The highest BCUT2D eigenvalue weighted by Crippen LogP contribution is 2.35. The molecule has 2 aromatic heterocycles. The van der Waals surface area contributed by atoms with Crippen LogP contribution < -0.4 is 14.2 Å². The van der Waals surface area contributed by atoms with E-state index in [1.165, 1.54) is 226 Å². The number of aromatic nitrogens is 4. The molecule has 0 bridgehead atoms. The molecule has 0 N–H and O–H groups in total. The Morgan fingerprint density at radius 3 is 0.974 bits per heavy atom. The van der Waals surface area contributed by atoms with Crippen LogP contribution in [0.2, 0.25) is 0 Å². The van der Waals surface area contributed by atoms with Gasteiger partial charge in [0.05, 0.1) is 19.8 Å². The van der Waals surface area contributed by atoms with Crippen LogP contribution in [0.15, 0.2) is 195 Å². The SMILES string of the molecule is CCCCCCCCCCOc1ccc(-c2ccc(-c3ccc(CCCCC)cc3)cc2F)c(F)c1F.CCCCCCCCCOc1ccc(-c2ncc(CCCCCCCCC)cn2)cc1.CCCCCCCCOc1ccc(-c2ccc(-c3ccc(CCCCC)cc3)cc2F)cc1.Cc1ccc(-c2ncc(C)cn2)cc1. The molecule has 0 saturated heterocycles. The number of benzene rings is 8. The molecule has 2 heterocycles. The van der Waals surface area contributed by atoms with Crippen LogP contribution in [0.4, 0.5) is 17.6 Å². The minimum atomic E-state index is -1.09. The fourth-order valence-corrected chi connectivity index (χ4v) is 13.9. The van der Waals surface area contributed by atoms with Gasteiger partial charge < -0.3 is 14.2 Å². The molecule has 8 aromatic carbocycles. The lowest BCUT2D eigenvalue weighted by Gasteiger charge is -2.12. The van der Waals surface area contributed by atoms with E-state index in [1.807, 2.05) is 105 Å². The van der Waals surface area contributed by atoms with Gasteiger partial charge in [-0.25, -0.2) is 33.1 Å². The predicted octanol–water partition coefficient (Wildman–Crippen LogP) is 31.6. The first-order chi connectivity index (χ1) is 56.3. The van der Waals surface area contributed by atoms with Gasteiger partial charge in [-0.3, -0.25) is 0 Å². The summed E-state index contributed by atoms with van der Waals surface area (Å²) in [5.41, 5.74) is 13.3. The Hall–Kier alpha value is -8.96. The van der Waals surface area contributed by atoms with Crippen LogP contribution in [0.1, 0.15) is 288 Å². The Labute approximate surface area is 690 Å². The summed E-state index contributed by atoms with van der Waals surface area (Å²) in [6, 6.07) is 53.8. The van der Waals surface area contributed by atoms with Crippen LogP contribution in [0.25, 0.3) is 67.3 Å². The van der Waals surface area contributed by atoms with Crippen molar-refractivity contribution < 1.29 is 31.8 Å². The molecule has 0 unspecified atom stereocenters. The van der Waals surface area contributed by atoms with Gasteiger partial charge in [0, 0.05) is 52.6 Å². The summed E-state index contributed by atoms with van der Waals surface area (Å²) < 4.78 is 76.8. The van der Waals surface area contributed by atoms with E-state index in [4.69, 9.17) is 14.2 Å². The molecule has 115 heavy (non-hydrogen) atoms. The number of ether oxygens (including phenoxy) is 3. The van der Waals surface area contributed by atoms with Gasteiger partial charge in [-0.1, -0.05) is 336 Å². The molecular weight excluding hydrogens is 1430 g/mol. The third-order valence-corrected chi connectivity index (χ3v) is 21.2. The molecular formula is C104H136F4N4O3. The van der Waals surface area contributed by atoms with Gasteiger partial charge in [-0.2, -0.15) is 4.39 Å². The Balaban J connectivity index is 0.000000220. The average Bonchev–Trinajstić information content (AvgIpc) is 0.799. The van der Waals surface area contributed by atoms with Crippen LogP contribution in [-0.2, 0) is 19.3 Å². The Kier molecular flexibility index (Phi) is 45.7. The van der Waals surface area contributed by atoms with Gasteiger partial charge in [0.15, 0.2) is 23.2 Å². The summed E-state index contributed by atoms with van der Waals surface area (Å²) in [6.07, 6.45) is 53.3. The van der Waals surface area contributed by atoms with Crippen LogP contribution in [0, 0.1) is 37.1 Å². The van der Waals surface area contributed by atoms with Gasteiger partial charge in [0.2, 0.25) is 5.82 Å². The topological polar surface area (TPSA) is 79.2 Å². The fraction of sp³-hybridized carbons (Fsp3) is 0.462. The third kappa shape index (κ3) is 35.6. The minimum absolute atomic E-state index is 0.0333.